The lowest BCUT2D eigenvalue weighted by atomic mass is 10.2. The number of urea groups is 1. The third kappa shape index (κ3) is 4.18. The van der Waals surface area contributed by atoms with E-state index in [1.54, 1.807) is 11.1 Å². The van der Waals surface area contributed by atoms with Gasteiger partial charge in [-0.15, -0.1) is 0 Å². The Morgan fingerprint density at radius 2 is 2.10 bits per heavy atom. The van der Waals surface area contributed by atoms with Gasteiger partial charge in [-0.05, 0) is 11.6 Å². The number of ether oxygens (including phenoxy) is 1. The number of rotatable bonds is 4. The number of morpholine rings is 1. The van der Waals surface area contributed by atoms with Gasteiger partial charge in [0, 0.05) is 25.8 Å². The number of carbonyl (C=O) groups is 2. The van der Waals surface area contributed by atoms with E-state index in [9.17, 15) is 9.59 Å². The van der Waals surface area contributed by atoms with Gasteiger partial charge in [0.05, 0.1) is 13.2 Å². The van der Waals surface area contributed by atoms with E-state index >= 15 is 0 Å². The van der Waals surface area contributed by atoms with Gasteiger partial charge in [-0.3, -0.25) is 5.43 Å². The van der Waals surface area contributed by atoms with E-state index < -0.39 is 5.97 Å². The molecule has 0 saturated carbocycles. The van der Waals surface area contributed by atoms with Crippen molar-refractivity contribution in [1.29, 1.82) is 0 Å². The van der Waals surface area contributed by atoms with Gasteiger partial charge < -0.3 is 15.2 Å². The highest BCUT2D eigenvalue weighted by Crippen LogP contribution is 2.00. The van der Waals surface area contributed by atoms with Crippen LogP contribution < -0.4 is 10.7 Å². The lowest BCUT2D eigenvalue weighted by Crippen LogP contribution is -2.51. The van der Waals surface area contributed by atoms with E-state index in [1.807, 2.05) is 0 Å². The summed E-state index contributed by atoms with van der Waals surface area (Å²) in [7, 11) is 0. The highest BCUT2D eigenvalue weighted by Gasteiger charge is 2.12. The van der Waals surface area contributed by atoms with Crippen LogP contribution in [0.15, 0.2) is 18.3 Å². The van der Waals surface area contributed by atoms with Crippen LogP contribution in [-0.2, 0) is 11.3 Å². The molecule has 1 fully saturated rings. The Morgan fingerprint density at radius 1 is 1.35 bits per heavy atom. The minimum atomic E-state index is -1.07. The standard InChI is InChI=1S/C12H16N4O4/c17-11(18)10-2-1-9(7-13-10)8-14-12(19)15-16-3-5-20-6-4-16/h1-2,7H,3-6,8H2,(H,17,18)(H2,14,15,19). The molecular formula is C12H16N4O4. The van der Waals surface area contributed by atoms with Crippen molar-refractivity contribution in [2.45, 2.75) is 6.54 Å². The maximum Gasteiger partial charge on any atom is 0.354 e. The number of aromatic carboxylic acids is 1. The van der Waals surface area contributed by atoms with Crippen LogP contribution in [0.3, 0.4) is 0 Å². The average Bonchev–Trinajstić information content (AvgIpc) is 2.46. The number of aromatic nitrogens is 1. The monoisotopic (exact) mass is 280 g/mol. The molecule has 1 aliphatic heterocycles. The number of carboxylic acids is 1. The van der Waals surface area contributed by atoms with Gasteiger partial charge in [0.1, 0.15) is 5.69 Å². The largest absolute Gasteiger partial charge is 0.477 e. The normalized spacial score (nSPS) is 15.6. The van der Waals surface area contributed by atoms with E-state index in [0.717, 1.165) is 5.56 Å². The summed E-state index contributed by atoms with van der Waals surface area (Å²) >= 11 is 0. The molecule has 2 rings (SSSR count). The van der Waals surface area contributed by atoms with Crippen molar-refractivity contribution >= 4 is 12.0 Å². The Labute approximate surface area is 115 Å². The van der Waals surface area contributed by atoms with Gasteiger partial charge in [0.25, 0.3) is 0 Å². The van der Waals surface area contributed by atoms with Crippen LogP contribution in [0.25, 0.3) is 0 Å². The number of nitrogens with zero attached hydrogens (tertiary/aromatic N) is 2. The Balaban J connectivity index is 1.76. The summed E-state index contributed by atoms with van der Waals surface area (Å²) < 4.78 is 5.17. The summed E-state index contributed by atoms with van der Waals surface area (Å²) in [4.78, 5) is 26.1. The maximum absolute atomic E-state index is 11.6. The molecule has 20 heavy (non-hydrogen) atoms. The molecule has 0 radical (unpaired) electrons. The number of carbonyl (C=O) groups excluding carboxylic acids is 1. The van der Waals surface area contributed by atoms with E-state index in [1.165, 1.54) is 12.3 Å². The molecule has 0 atom stereocenters. The molecule has 1 aromatic rings. The molecule has 1 saturated heterocycles. The van der Waals surface area contributed by atoms with E-state index in [-0.39, 0.29) is 18.3 Å². The van der Waals surface area contributed by atoms with E-state index in [2.05, 4.69) is 15.7 Å². The number of hydrogen-bond donors (Lipinski definition) is 3. The quantitative estimate of drug-likeness (QED) is 0.707. The van der Waals surface area contributed by atoms with Crippen molar-refractivity contribution in [2.24, 2.45) is 0 Å². The number of amides is 2. The average molecular weight is 280 g/mol. The van der Waals surface area contributed by atoms with Crippen LogP contribution in [0.2, 0.25) is 0 Å². The van der Waals surface area contributed by atoms with Gasteiger partial charge in [0.15, 0.2) is 0 Å². The van der Waals surface area contributed by atoms with Crippen molar-refractivity contribution < 1.29 is 19.4 Å². The van der Waals surface area contributed by atoms with Gasteiger partial charge in [-0.25, -0.2) is 19.6 Å². The summed E-state index contributed by atoms with van der Waals surface area (Å²) in [5.41, 5.74) is 3.41. The van der Waals surface area contributed by atoms with Crippen LogP contribution in [-0.4, -0.2) is 53.4 Å². The molecule has 108 valence electrons. The summed E-state index contributed by atoms with van der Waals surface area (Å²) in [5, 5.41) is 13.2. The number of hydrazine groups is 1. The first-order valence-electron chi connectivity index (χ1n) is 6.20. The van der Waals surface area contributed by atoms with Crippen molar-refractivity contribution in [2.75, 3.05) is 26.3 Å². The highest BCUT2D eigenvalue weighted by molar-refractivity contribution is 5.85. The zero-order valence-corrected chi connectivity index (χ0v) is 10.8. The molecule has 3 N–H and O–H groups in total. The second-order valence-corrected chi connectivity index (χ2v) is 4.25. The highest BCUT2D eigenvalue weighted by atomic mass is 16.5. The molecule has 1 aromatic heterocycles. The molecule has 0 aromatic carbocycles. The smallest absolute Gasteiger partial charge is 0.354 e. The molecule has 1 aliphatic rings. The Morgan fingerprint density at radius 3 is 2.70 bits per heavy atom. The van der Waals surface area contributed by atoms with Gasteiger partial charge in [0.2, 0.25) is 0 Å². The predicted molar refractivity (Wildman–Crippen MR) is 69.0 cm³/mol. The Hall–Kier alpha value is -2.19. The molecule has 0 unspecified atom stereocenters. The van der Waals surface area contributed by atoms with Crippen molar-refractivity contribution in [3.8, 4) is 0 Å². The molecule has 8 nitrogen and oxygen atoms in total. The van der Waals surface area contributed by atoms with Gasteiger partial charge >= 0.3 is 12.0 Å². The molecule has 0 aliphatic carbocycles. The zero-order valence-electron chi connectivity index (χ0n) is 10.8. The second kappa shape index (κ2) is 6.83. The number of hydrogen-bond acceptors (Lipinski definition) is 5. The summed E-state index contributed by atoms with van der Waals surface area (Å²) in [6, 6.07) is 2.71. The van der Waals surface area contributed by atoms with Crippen LogP contribution >= 0.6 is 0 Å². The van der Waals surface area contributed by atoms with E-state index in [4.69, 9.17) is 9.84 Å². The fraction of sp³-hybridized carbons (Fsp3) is 0.417. The molecule has 2 heterocycles. The minimum absolute atomic E-state index is 0.0217. The first-order valence-corrected chi connectivity index (χ1v) is 6.20. The Bertz CT molecular complexity index is 471. The first-order chi connectivity index (χ1) is 9.65. The summed E-state index contributed by atoms with van der Waals surface area (Å²) in [6.07, 6.45) is 1.43. The first kappa shape index (κ1) is 14.2. The van der Waals surface area contributed by atoms with Crippen LogP contribution in [0, 0.1) is 0 Å². The van der Waals surface area contributed by atoms with Crippen molar-refractivity contribution in [3.63, 3.8) is 0 Å². The SMILES string of the molecule is O=C(NCc1ccc(C(=O)O)nc1)NN1CCOCC1. The van der Waals surface area contributed by atoms with Crippen LogP contribution in [0.1, 0.15) is 16.1 Å². The molecule has 0 bridgehead atoms. The third-order valence-electron chi connectivity index (χ3n) is 2.77. The maximum atomic E-state index is 11.6. The van der Waals surface area contributed by atoms with Crippen molar-refractivity contribution in [3.05, 3.63) is 29.6 Å². The number of pyridine rings is 1. The molecular weight excluding hydrogens is 264 g/mol. The fourth-order valence-electron chi connectivity index (χ4n) is 1.70. The molecule has 2 amide bonds. The third-order valence-corrected chi connectivity index (χ3v) is 2.77. The number of nitrogens with one attached hydrogen (secondary N) is 2. The molecule has 8 heteroatoms. The van der Waals surface area contributed by atoms with Crippen LogP contribution in [0.5, 0.6) is 0 Å². The lowest BCUT2D eigenvalue weighted by Gasteiger charge is -2.26. The topological polar surface area (TPSA) is 104 Å². The Kier molecular flexibility index (Phi) is 4.85. The zero-order chi connectivity index (χ0) is 14.4. The van der Waals surface area contributed by atoms with Gasteiger partial charge in [-0.1, -0.05) is 6.07 Å². The second-order valence-electron chi connectivity index (χ2n) is 4.25. The summed E-state index contributed by atoms with van der Waals surface area (Å²) in [5.74, 6) is -1.07. The van der Waals surface area contributed by atoms with E-state index in [0.29, 0.717) is 26.3 Å². The molecule has 0 spiro atoms. The number of carboxylic acid groups (broad SMARTS) is 1. The van der Waals surface area contributed by atoms with Crippen LogP contribution in [0.4, 0.5) is 4.79 Å². The van der Waals surface area contributed by atoms with Gasteiger partial charge in [-0.2, -0.15) is 0 Å². The van der Waals surface area contributed by atoms with Crippen molar-refractivity contribution in [1.82, 2.24) is 20.7 Å². The minimum Gasteiger partial charge on any atom is -0.477 e. The lowest BCUT2D eigenvalue weighted by molar-refractivity contribution is 0.0195. The fourth-order valence-corrected chi connectivity index (χ4v) is 1.70. The summed E-state index contributed by atoms with van der Waals surface area (Å²) in [6.45, 7) is 2.79. The predicted octanol–water partition coefficient (Wildman–Crippen LogP) is -0.174.